The zero-order valence-corrected chi connectivity index (χ0v) is 9.89. The van der Waals surface area contributed by atoms with Crippen LogP contribution in [0.5, 0.6) is 0 Å². The van der Waals surface area contributed by atoms with Gasteiger partial charge in [0.2, 0.25) is 0 Å². The number of fused-ring (bicyclic) bond motifs is 1. The number of alkyl halides is 1. The minimum Gasteiger partial charge on any atom is -0.207 e. The first-order valence-electron chi connectivity index (χ1n) is 5.52. The van der Waals surface area contributed by atoms with E-state index in [0.717, 1.165) is 18.4 Å². The molecule has 0 aliphatic heterocycles. The van der Waals surface area contributed by atoms with Gasteiger partial charge in [-0.25, -0.2) is 4.39 Å². The van der Waals surface area contributed by atoms with E-state index in [1.807, 2.05) is 6.07 Å². The highest BCUT2D eigenvalue weighted by molar-refractivity contribution is 6.21. The van der Waals surface area contributed by atoms with Gasteiger partial charge in [-0.15, -0.1) is 11.6 Å². The summed E-state index contributed by atoms with van der Waals surface area (Å²) in [6.07, 6.45) is 2.03. The van der Waals surface area contributed by atoms with Crippen LogP contribution in [-0.4, -0.2) is 5.38 Å². The third-order valence-electron chi connectivity index (χ3n) is 3.25. The third kappa shape index (κ3) is 2.03. The molecular formula is C13H16ClF. The molecule has 0 nitrogen and oxygen atoms in total. The van der Waals surface area contributed by atoms with Gasteiger partial charge in [0.25, 0.3) is 0 Å². The highest BCUT2D eigenvalue weighted by Crippen LogP contribution is 2.40. The molecule has 15 heavy (non-hydrogen) atoms. The number of halogens is 2. The van der Waals surface area contributed by atoms with Gasteiger partial charge in [0.05, 0.1) is 0 Å². The Morgan fingerprint density at radius 1 is 1.40 bits per heavy atom. The normalized spacial score (nSPS) is 21.8. The van der Waals surface area contributed by atoms with Crippen LogP contribution in [0.1, 0.15) is 37.3 Å². The highest BCUT2D eigenvalue weighted by atomic mass is 35.5. The van der Waals surface area contributed by atoms with Crippen LogP contribution in [0, 0.1) is 11.7 Å². The fourth-order valence-corrected chi connectivity index (χ4v) is 2.68. The Morgan fingerprint density at radius 3 is 2.80 bits per heavy atom. The van der Waals surface area contributed by atoms with E-state index in [1.165, 1.54) is 5.56 Å². The van der Waals surface area contributed by atoms with Crippen molar-refractivity contribution < 1.29 is 4.39 Å². The van der Waals surface area contributed by atoms with E-state index in [1.54, 1.807) is 12.1 Å². The number of aryl methyl sites for hydroxylation is 1. The van der Waals surface area contributed by atoms with Gasteiger partial charge in [-0.2, -0.15) is 0 Å². The smallest absolute Gasteiger partial charge is 0.123 e. The number of hydrogen-bond acceptors (Lipinski definition) is 0. The first kappa shape index (κ1) is 10.9. The van der Waals surface area contributed by atoms with Gasteiger partial charge in [0.1, 0.15) is 5.82 Å². The zero-order valence-electron chi connectivity index (χ0n) is 9.13. The largest absolute Gasteiger partial charge is 0.207 e. The van der Waals surface area contributed by atoms with E-state index in [2.05, 4.69) is 13.8 Å². The van der Waals surface area contributed by atoms with E-state index < -0.39 is 0 Å². The minimum absolute atomic E-state index is 0.134. The van der Waals surface area contributed by atoms with Gasteiger partial charge in [0.15, 0.2) is 0 Å². The fourth-order valence-electron chi connectivity index (χ4n) is 2.41. The first-order valence-corrected chi connectivity index (χ1v) is 5.95. The minimum atomic E-state index is -0.134. The van der Waals surface area contributed by atoms with Crippen molar-refractivity contribution in [2.24, 2.45) is 5.92 Å². The maximum absolute atomic E-state index is 13.0. The van der Waals surface area contributed by atoms with Gasteiger partial charge >= 0.3 is 0 Å². The summed E-state index contributed by atoms with van der Waals surface area (Å²) < 4.78 is 13.0. The second-order valence-electron chi connectivity index (χ2n) is 4.68. The highest BCUT2D eigenvalue weighted by Gasteiger charge is 2.30. The van der Waals surface area contributed by atoms with Crippen LogP contribution in [-0.2, 0) is 6.42 Å². The van der Waals surface area contributed by atoms with E-state index >= 15 is 0 Å². The van der Waals surface area contributed by atoms with Crippen molar-refractivity contribution in [3.63, 3.8) is 0 Å². The second kappa shape index (κ2) is 4.13. The van der Waals surface area contributed by atoms with E-state index in [-0.39, 0.29) is 11.2 Å². The molecule has 2 heteroatoms. The summed E-state index contributed by atoms with van der Waals surface area (Å²) in [6.45, 7) is 4.28. The average Bonchev–Trinajstić information content (AvgIpc) is 2.59. The Hall–Kier alpha value is -0.560. The maximum Gasteiger partial charge on any atom is 0.123 e. The van der Waals surface area contributed by atoms with Gasteiger partial charge in [-0.3, -0.25) is 0 Å². The Balaban J connectivity index is 2.29. The molecule has 2 atom stereocenters. The van der Waals surface area contributed by atoms with Crippen molar-refractivity contribution >= 4 is 11.6 Å². The number of hydrogen-bond donors (Lipinski definition) is 0. The van der Waals surface area contributed by atoms with Crippen molar-refractivity contribution in [3.05, 3.63) is 35.1 Å². The van der Waals surface area contributed by atoms with Crippen LogP contribution >= 0.6 is 11.6 Å². The van der Waals surface area contributed by atoms with Crippen molar-refractivity contribution in [2.45, 2.75) is 38.0 Å². The zero-order chi connectivity index (χ0) is 11.0. The summed E-state index contributed by atoms with van der Waals surface area (Å²) in [4.78, 5) is 0. The van der Waals surface area contributed by atoms with Crippen LogP contribution in [0.3, 0.4) is 0 Å². The molecule has 0 saturated carbocycles. The van der Waals surface area contributed by atoms with Crippen molar-refractivity contribution in [1.82, 2.24) is 0 Å². The molecule has 0 amide bonds. The molecule has 0 fully saturated rings. The summed E-state index contributed by atoms with van der Waals surface area (Å²) >= 11 is 6.40. The molecule has 0 aromatic heterocycles. The predicted molar refractivity (Wildman–Crippen MR) is 61.9 cm³/mol. The van der Waals surface area contributed by atoms with Crippen LogP contribution in [0.25, 0.3) is 0 Å². The van der Waals surface area contributed by atoms with Gasteiger partial charge in [-0.1, -0.05) is 19.9 Å². The SMILES string of the molecule is CC(C)C(Cl)C1CCc2cc(F)ccc21. The molecule has 0 saturated heterocycles. The summed E-state index contributed by atoms with van der Waals surface area (Å²) in [7, 11) is 0. The molecule has 1 aromatic rings. The standard InChI is InChI=1S/C13H16ClF/c1-8(2)13(14)12-5-3-9-7-10(15)4-6-11(9)12/h4,6-8,12-13H,3,5H2,1-2H3. The molecular weight excluding hydrogens is 211 g/mol. The van der Waals surface area contributed by atoms with Gasteiger partial charge in [0, 0.05) is 11.3 Å². The number of rotatable bonds is 2. The average molecular weight is 227 g/mol. The quantitative estimate of drug-likeness (QED) is 0.666. The molecule has 1 aromatic carbocycles. The van der Waals surface area contributed by atoms with Crippen LogP contribution in [0.2, 0.25) is 0 Å². The lowest BCUT2D eigenvalue weighted by Gasteiger charge is -2.21. The van der Waals surface area contributed by atoms with E-state index in [9.17, 15) is 4.39 Å². The number of benzene rings is 1. The van der Waals surface area contributed by atoms with Crippen LogP contribution < -0.4 is 0 Å². The maximum atomic E-state index is 13.0. The topological polar surface area (TPSA) is 0 Å². The molecule has 0 heterocycles. The van der Waals surface area contributed by atoms with Crippen LogP contribution in [0.15, 0.2) is 18.2 Å². The Kier molecular flexibility index (Phi) is 3.01. The molecule has 1 aliphatic rings. The lowest BCUT2D eigenvalue weighted by molar-refractivity contribution is 0.506. The van der Waals surface area contributed by atoms with Gasteiger partial charge < -0.3 is 0 Å². The molecule has 82 valence electrons. The molecule has 0 radical (unpaired) electrons. The molecule has 0 spiro atoms. The third-order valence-corrected chi connectivity index (χ3v) is 4.06. The Bertz CT molecular complexity index is 360. The van der Waals surface area contributed by atoms with Crippen molar-refractivity contribution in [1.29, 1.82) is 0 Å². The van der Waals surface area contributed by atoms with Crippen molar-refractivity contribution in [2.75, 3.05) is 0 Å². The lowest BCUT2D eigenvalue weighted by atomic mass is 9.91. The summed E-state index contributed by atoms with van der Waals surface area (Å²) in [5.74, 6) is 0.736. The molecule has 0 N–H and O–H groups in total. The Labute approximate surface area is 95.4 Å². The summed E-state index contributed by atoms with van der Waals surface area (Å²) in [6, 6.07) is 5.10. The molecule has 2 rings (SSSR count). The summed E-state index contributed by atoms with van der Waals surface area (Å²) in [5, 5.41) is 0.164. The van der Waals surface area contributed by atoms with E-state index in [0.29, 0.717) is 11.8 Å². The second-order valence-corrected chi connectivity index (χ2v) is 5.18. The van der Waals surface area contributed by atoms with E-state index in [4.69, 9.17) is 11.6 Å². The monoisotopic (exact) mass is 226 g/mol. The van der Waals surface area contributed by atoms with Gasteiger partial charge in [-0.05, 0) is 42.0 Å². The Morgan fingerprint density at radius 2 is 2.13 bits per heavy atom. The lowest BCUT2D eigenvalue weighted by Crippen LogP contribution is -2.16. The fraction of sp³-hybridized carbons (Fsp3) is 0.538. The summed E-state index contributed by atoms with van der Waals surface area (Å²) in [5.41, 5.74) is 2.40. The molecule has 0 bridgehead atoms. The first-order chi connectivity index (χ1) is 7.09. The van der Waals surface area contributed by atoms with Crippen molar-refractivity contribution in [3.8, 4) is 0 Å². The molecule has 1 aliphatic carbocycles. The predicted octanol–water partition coefficient (Wildman–Crippen LogP) is 4.12. The van der Waals surface area contributed by atoms with Crippen LogP contribution in [0.4, 0.5) is 4.39 Å². The molecule has 2 unspecified atom stereocenters.